The highest BCUT2D eigenvalue weighted by molar-refractivity contribution is 7.98. The number of aliphatic imine (C=N–C) groups is 1. The van der Waals surface area contributed by atoms with Gasteiger partial charge in [0.1, 0.15) is 6.04 Å². The van der Waals surface area contributed by atoms with Crippen LogP contribution in [0.15, 0.2) is 11.3 Å². The van der Waals surface area contributed by atoms with Crippen LogP contribution in [0.1, 0.15) is 18.3 Å². The smallest absolute Gasteiger partial charge is 0.205 e. The molecule has 0 saturated carbocycles. The second-order valence-corrected chi connectivity index (χ2v) is 5.11. The van der Waals surface area contributed by atoms with Gasteiger partial charge in [0.15, 0.2) is 6.19 Å². The van der Waals surface area contributed by atoms with Gasteiger partial charge in [-0.1, -0.05) is 5.92 Å². The number of nitrogens with zero attached hydrogens (tertiary/aromatic N) is 3. The van der Waals surface area contributed by atoms with E-state index < -0.39 is 0 Å². The molecular weight excluding hydrogens is 272 g/mol. The summed E-state index contributed by atoms with van der Waals surface area (Å²) in [5, 5.41) is 14.2. The van der Waals surface area contributed by atoms with Crippen LogP contribution in [0.3, 0.4) is 0 Å². The molecule has 0 spiro atoms. The Morgan fingerprint density at radius 2 is 2.50 bits per heavy atom. The molecule has 0 aromatic carbocycles. The molecule has 0 aliphatic carbocycles. The molecule has 1 aromatic heterocycles. The lowest BCUT2D eigenvalue weighted by atomic mass is 10.4. The molecule has 0 aliphatic rings. The topological polar surface area (TPSA) is 88.9 Å². The largest absolute Gasteiger partial charge is 0.355 e. The summed E-state index contributed by atoms with van der Waals surface area (Å²) in [6, 6.07) is -0.265. The fourth-order valence-corrected chi connectivity index (χ4v) is 2.24. The zero-order valence-corrected chi connectivity index (χ0v) is 12.4. The van der Waals surface area contributed by atoms with Crippen molar-refractivity contribution in [2.75, 3.05) is 12.3 Å². The van der Waals surface area contributed by atoms with Crippen molar-refractivity contribution in [1.29, 1.82) is 5.26 Å². The number of aryl methyl sites for hydroxylation is 1. The average Bonchev–Trinajstić information content (AvgIpc) is 2.84. The molecule has 106 valence electrons. The lowest BCUT2D eigenvalue weighted by molar-refractivity contribution is 0.876. The summed E-state index contributed by atoms with van der Waals surface area (Å²) < 4.78 is 0. The molecule has 20 heavy (non-hydrogen) atoms. The molecule has 0 amide bonds. The van der Waals surface area contributed by atoms with Gasteiger partial charge >= 0.3 is 0 Å². The van der Waals surface area contributed by atoms with E-state index in [4.69, 9.17) is 11.7 Å². The zero-order valence-electron chi connectivity index (χ0n) is 11.6. The molecule has 1 aromatic rings. The summed E-state index contributed by atoms with van der Waals surface area (Å²) in [6.45, 7) is 4.46. The van der Waals surface area contributed by atoms with Crippen molar-refractivity contribution < 1.29 is 0 Å². The number of hydrogen-bond acceptors (Lipinski definition) is 4. The number of terminal acetylenes is 1. The first kappa shape index (κ1) is 15.9. The first-order valence-corrected chi connectivity index (χ1v) is 7.32. The van der Waals surface area contributed by atoms with Crippen LogP contribution < -0.4 is 10.6 Å². The highest BCUT2D eigenvalue weighted by Crippen LogP contribution is 2.11. The van der Waals surface area contributed by atoms with Gasteiger partial charge in [0.25, 0.3) is 0 Å². The zero-order chi connectivity index (χ0) is 14.8. The molecule has 1 unspecified atom stereocenters. The van der Waals surface area contributed by atoms with Crippen LogP contribution in [0.2, 0.25) is 0 Å². The SMILES string of the molecule is C#CC(C)/N=C(\NC#N)NCCSCc1[nH]cnc1C. The van der Waals surface area contributed by atoms with Gasteiger partial charge in [-0.2, -0.15) is 17.0 Å². The third kappa shape index (κ3) is 5.68. The van der Waals surface area contributed by atoms with E-state index in [0.717, 1.165) is 22.9 Å². The van der Waals surface area contributed by atoms with Crippen molar-refractivity contribution in [3.63, 3.8) is 0 Å². The predicted octanol–water partition coefficient (Wildman–Crippen LogP) is 0.989. The summed E-state index contributed by atoms with van der Waals surface area (Å²) in [6.07, 6.45) is 8.79. The van der Waals surface area contributed by atoms with E-state index in [0.29, 0.717) is 12.5 Å². The van der Waals surface area contributed by atoms with Crippen LogP contribution in [0.5, 0.6) is 0 Å². The van der Waals surface area contributed by atoms with E-state index in [1.54, 1.807) is 25.0 Å². The van der Waals surface area contributed by atoms with Crippen molar-refractivity contribution in [2.45, 2.75) is 25.6 Å². The number of imidazole rings is 1. The number of guanidine groups is 1. The highest BCUT2D eigenvalue weighted by Gasteiger charge is 2.02. The molecule has 6 nitrogen and oxygen atoms in total. The molecule has 1 rings (SSSR count). The van der Waals surface area contributed by atoms with E-state index in [2.05, 4.69) is 31.5 Å². The minimum Gasteiger partial charge on any atom is -0.355 e. The fourth-order valence-electron chi connectivity index (χ4n) is 1.36. The fraction of sp³-hybridized carbons (Fsp3) is 0.462. The Bertz CT molecular complexity index is 522. The number of thioether (sulfide) groups is 1. The Morgan fingerprint density at radius 1 is 1.70 bits per heavy atom. The molecular formula is C13H18N6S. The van der Waals surface area contributed by atoms with Crippen molar-refractivity contribution in [3.8, 4) is 18.5 Å². The van der Waals surface area contributed by atoms with Crippen LogP contribution in [-0.4, -0.2) is 34.3 Å². The molecule has 0 fully saturated rings. The number of nitrogens with one attached hydrogen (secondary N) is 3. The molecule has 0 radical (unpaired) electrons. The molecule has 7 heteroatoms. The minimum atomic E-state index is -0.265. The highest BCUT2D eigenvalue weighted by atomic mass is 32.2. The van der Waals surface area contributed by atoms with Gasteiger partial charge in [-0.15, -0.1) is 6.42 Å². The van der Waals surface area contributed by atoms with Crippen molar-refractivity contribution in [2.24, 2.45) is 4.99 Å². The van der Waals surface area contributed by atoms with E-state index in [1.807, 2.05) is 13.1 Å². The third-order valence-corrected chi connectivity index (χ3v) is 3.44. The Hall–Kier alpha value is -2.12. The van der Waals surface area contributed by atoms with Gasteiger partial charge in [0, 0.05) is 23.7 Å². The van der Waals surface area contributed by atoms with Crippen LogP contribution in [-0.2, 0) is 5.75 Å². The number of aromatic amines is 1. The molecule has 1 atom stereocenters. The summed E-state index contributed by atoms with van der Waals surface area (Å²) in [5.74, 6) is 4.67. The van der Waals surface area contributed by atoms with E-state index in [-0.39, 0.29) is 6.04 Å². The van der Waals surface area contributed by atoms with Crippen molar-refractivity contribution in [3.05, 3.63) is 17.7 Å². The molecule has 1 heterocycles. The minimum absolute atomic E-state index is 0.265. The maximum Gasteiger partial charge on any atom is 0.205 e. The third-order valence-electron chi connectivity index (χ3n) is 2.46. The second kappa shape index (κ2) is 8.89. The quantitative estimate of drug-likeness (QED) is 0.182. The first-order valence-electron chi connectivity index (χ1n) is 6.17. The first-order chi connectivity index (χ1) is 9.67. The van der Waals surface area contributed by atoms with E-state index >= 15 is 0 Å². The van der Waals surface area contributed by atoms with Gasteiger partial charge in [-0.25, -0.2) is 9.98 Å². The predicted molar refractivity (Wildman–Crippen MR) is 82.0 cm³/mol. The van der Waals surface area contributed by atoms with Crippen molar-refractivity contribution in [1.82, 2.24) is 20.6 Å². The molecule has 0 saturated heterocycles. The Morgan fingerprint density at radius 3 is 3.10 bits per heavy atom. The number of nitriles is 1. The lowest BCUT2D eigenvalue weighted by Crippen LogP contribution is -2.36. The normalized spacial score (nSPS) is 12.3. The maximum atomic E-state index is 8.63. The molecule has 3 N–H and O–H groups in total. The standard InChI is InChI=1S/C13H18N6S/c1-4-10(2)19-13(16-8-14)15-5-6-20-7-12-11(3)17-9-18-12/h1,9-10H,5-7H2,2-3H3,(H,17,18)(H2,15,16,19). The van der Waals surface area contributed by atoms with Crippen LogP contribution in [0.25, 0.3) is 0 Å². The number of rotatable bonds is 6. The monoisotopic (exact) mass is 290 g/mol. The van der Waals surface area contributed by atoms with Gasteiger partial charge in [0.2, 0.25) is 5.96 Å². The summed E-state index contributed by atoms with van der Waals surface area (Å²) in [4.78, 5) is 11.4. The summed E-state index contributed by atoms with van der Waals surface area (Å²) >= 11 is 1.77. The van der Waals surface area contributed by atoms with Crippen LogP contribution in [0, 0.1) is 30.7 Å². The summed E-state index contributed by atoms with van der Waals surface area (Å²) in [7, 11) is 0. The summed E-state index contributed by atoms with van der Waals surface area (Å²) in [5.41, 5.74) is 2.17. The van der Waals surface area contributed by atoms with Crippen LogP contribution >= 0.6 is 11.8 Å². The number of H-pyrrole nitrogens is 1. The number of hydrogen-bond donors (Lipinski definition) is 3. The number of aromatic nitrogens is 2. The van der Waals surface area contributed by atoms with Gasteiger partial charge < -0.3 is 10.3 Å². The van der Waals surface area contributed by atoms with E-state index in [9.17, 15) is 0 Å². The maximum absolute atomic E-state index is 8.63. The molecule has 0 aliphatic heterocycles. The second-order valence-electron chi connectivity index (χ2n) is 4.00. The van der Waals surface area contributed by atoms with Gasteiger partial charge in [-0.05, 0) is 13.8 Å². The van der Waals surface area contributed by atoms with Gasteiger partial charge in [0.05, 0.1) is 12.0 Å². The Labute approximate surface area is 123 Å². The lowest BCUT2D eigenvalue weighted by Gasteiger charge is -2.08. The van der Waals surface area contributed by atoms with Crippen LogP contribution in [0.4, 0.5) is 0 Å². The van der Waals surface area contributed by atoms with E-state index in [1.165, 1.54) is 0 Å². The van der Waals surface area contributed by atoms with Gasteiger partial charge in [-0.3, -0.25) is 5.32 Å². The molecule has 0 bridgehead atoms. The Balaban J connectivity index is 2.28. The average molecular weight is 290 g/mol. The Kier molecular flexibility index (Phi) is 7.08. The van der Waals surface area contributed by atoms with Crippen molar-refractivity contribution >= 4 is 17.7 Å².